The summed E-state index contributed by atoms with van der Waals surface area (Å²) in [6.45, 7) is 3.23. The lowest BCUT2D eigenvalue weighted by molar-refractivity contribution is 0.0950. The average Bonchev–Trinajstić information content (AvgIpc) is 2.63. The molecule has 1 unspecified atom stereocenters. The van der Waals surface area contributed by atoms with E-state index in [1.165, 1.54) is 44.2 Å². The summed E-state index contributed by atoms with van der Waals surface area (Å²) in [6, 6.07) is 5.94. The zero-order valence-electron chi connectivity index (χ0n) is 14.6. The van der Waals surface area contributed by atoms with Crippen LogP contribution in [0.5, 0.6) is 0 Å². The molecule has 7 nitrogen and oxygen atoms in total. The molecule has 8 heteroatoms. The first-order chi connectivity index (χ1) is 12.0. The van der Waals surface area contributed by atoms with Gasteiger partial charge in [-0.05, 0) is 62.5 Å². The van der Waals surface area contributed by atoms with Gasteiger partial charge in [0.15, 0.2) is 0 Å². The van der Waals surface area contributed by atoms with Crippen LogP contribution in [0.1, 0.15) is 29.6 Å². The Morgan fingerprint density at radius 2 is 2.04 bits per heavy atom. The van der Waals surface area contributed by atoms with Crippen molar-refractivity contribution in [3.05, 3.63) is 29.8 Å². The number of rotatable bonds is 9. The SMILES string of the molecule is COCCNS(=O)(=O)c1ccc(C(=O)NCCC2CCCNC2)cc1. The molecular formula is C17H27N3O4S. The van der Waals surface area contributed by atoms with E-state index in [0.29, 0.717) is 24.6 Å². The van der Waals surface area contributed by atoms with Crippen molar-refractivity contribution in [3.8, 4) is 0 Å². The third kappa shape index (κ3) is 6.39. The Morgan fingerprint density at radius 3 is 2.68 bits per heavy atom. The number of carbonyl (C=O) groups is 1. The average molecular weight is 369 g/mol. The van der Waals surface area contributed by atoms with E-state index in [2.05, 4.69) is 15.4 Å². The summed E-state index contributed by atoms with van der Waals surface area (Å²) < 4.78 is 31.4. The van der Waals surface area contributed by atoms with Crippen LogP contribution in [0.4, 0.5) is 0 Å². The number of piperidine rings is 1. The lowest BCUT2D eigenvalue weighted by atomic mass is 9.96. The summed E-state index contributed by atoms with van der Waals surface area (Å²) in [5.41, 5.74) is 0.456. The monoisotopic (exact) mass is 369 g/mol. The number of benzene rings is 1. The summed E-state index contributed by atoms with van der Waals surface area (Å²) in [7, 11) is -2.07. The molecule has 0 aliphatic carbocycles. The molecule has 0 saturated carbocycles. The molecule has 25 heavy (non-hydrogen) atoms. The van der Waals surface area contributed by atoms with Crippen LogP contribution in [0.3, 0.4) is 0 Å². The van der Waals surface area contributed by atoms with E-state index in [9.17, 15) is 13.2 Å². The van der Waals surface area contributed by atoms with Crippen LogP contribution in [0.25, 0.3) is 0 Å². The molecule has 2 rings (SSSR count). The molecular weight excluding hydrogens is 342 g/mol. The lowest BCUT2D eigenvalue weighted by Gasteiger charge is -2.22. The van der Waals surface area contributed by atoms with E-state index < -0.39 is 10.0 Å². The second-order valence-electron chi connectivity index (χ2n) is 6.17. The molecule has 1 atom stereocenters. The molecule has 1 heterocycles. The van der Waals surface area contributed by atoms with Gasteiger partial charge in [-0.3, -0.25) is 4.79 Å². The maximum absolute atomic E-state index is 12.1. The second-order valence-corrected chi connectivity index (χ2v) is 7.94. The molecule has 1 fully saturated rings. The predicted molar refractivity (Wildman–Crippen MR) is 96.1 cm³/mol. The van der Waals surface area contributed by atoms with Gasteiger partial charge in [0.1, 0.15) is 0 Å². The van der Waals surface area contributed by atoms with Gasteiger partial charge < -0.3 is 15.4 Å². The van der Waals surface area contributed by atoms with E-state index in [-0.39, 0.29) is 17.3 Å². The fourth-order valence-corrected chi connectivity index (χ4v) is 3.82. The summed E-state index contributed by atoms with van der Waals surface area (Å²) in [5, 5.41) is 6.26. The Hall–Kier alpha value is -1.48. The van der Waals surface area contributed by atoms with Crippen LogP contribution >= 0.6 is 0 Å². The van der Waals surface area contributed by atoms with Gasteiger partial charge in [-0.15, -0.1) is 0 Å². The Balaban J connectivity index is 1.82. The van der Waals surface area contributed by atoms with E-state index in [4.69, 9.17) is 4.74 Å². The Bertz CT molecular complexity index is 640. The van der Waals surface area contributed by atoms with E-state index in [1.807, 2.05) is 0 Å². The van der Waals surface area contributed by atoms with E-state index >= 15 is 0 Å². The first kappa shape index (κ1) is 19.8. The van der Waals surface area contributed by atoms with E-state index in [0.717, 1.165) is 19.5 Å². The Labute approximate surface area is 149 Å². The number of hydrogen-bond donors (Lipinski definition) is 3. The minimum atomic E-state index is -3.58. The van der Waals surface area contributed by atoms with Crippen molar-refractivity contribution >= 4 is 15.9 Å². The van der Waals surface area contributed by atoms with Gasteiger partial charge in [-0.2, -0.15) is 0 Å². The lowest BCUT2D eigenvalue weighted by Crippen LogP contribution is -2.33. The van der Waals surface area contributed by atoms with Gasteiger partial charge in [0.05, 0.1) is 11.5 Å². The number of ether oxygens (including phenoxy) is 1. The fraction of sp³-hybridized carbons (Fsp3) is 0.588. The van der Waals surface area contributed by atoms with Gasteiger partial charge in [0.25, 0.3) is 5.91 Å². The second kappa shape index (κ2) is 9.86. The van der Waals surface area contributed by atoms with Gasteiger partial charge in [-0.25, -0.2) is 13.1 Å². The predicted octanol–water partition coefficient (Wildman–Crippen LogP) is 0.731. The number of amides is 1. The third-order valence-electron chi connectivity index (χ3n) is 4.26. The van der Waals surface area contributed by atoms with Crippen molar-refractivity contribution in [2.45, 2.75) is 24.2 Å². The van der Waals surface area contributed by atoms with E-state index in [1.54, 1.807) is 0 Å². The topological polar surface area (TPSA) is 96.5 Å². The molecule has 140 valence electrons. The maximum Gasteiger partial charge on any atom is 0.251 e. The number of sulfonamides is 1. The first-order valence-electron chi connectivity index (χ1n) is 8.60. The molecule has 0 bridgehead atoms. The van der Waals surface area contributed by atoms with Crippen molar-refractivity contribution in [2.24, 2.45) is 5.92 Å². The molecule has 1 saturated heterocycles. The summed E-state index contributed by atoms with van der Waals surface area (Å²) in [6.07, 6.45) is 3.34. The van der Waals surface area contributed by atoms with Crippen LogP contribution < -0.4 is 15.4 Å². The summed E-state index contributed by atoms with van der Waals surface area (Å²) in [4.78, 5) is 12.3. The highest BCUT2D eigenvalue weighted by atomic mass is 32.2. The van der Waals surface area contributed by atoms with Crippen molar-refractivity contribution in [1.29, 1.82) is 0 Å². The number of hydrogen-bond acceptors (Lipinski definition) is 5. The molecule has 1 aliphatic heterocycles. The van der Waals surface area contributed by atoms with Crippen molar-refractivity contribution in [1.82, 2.24) is 15.4 Å². The van der Waals surface area contributed by atoms with Crippen LogP contribution in [0.2, 0.25) is 0 Å². The summed E-state index contributed by atoms with van der Waals surface area (Å²) in [5.74, 6) is 0.430. The molecule has 1 amide bonds. The van der Waals surface area contributed by atoms with Gasteiger partial charge in [0, 0.05) is 25.8 Å². The fourth-order valence-electron chi connectivity index (χ4n) is 2.81. The highest BCUT2D eigenvalue weighted by Gasteiger charge is 2.15. The van der Waals surface area contributed by atoms with Gasteiger partial charge in [0.2, 0.25) is 10.0 Å². The minimum Gasteiger partial charge on any atom is -0.383 e. The number of methoxy groups -OCH3 is 1. The zero-order chi connectivity index (χ0) is 18.1. The first-order valence-corrected chi connectivity index (χ1v) is 10.1. The molecule has 0 radical (unpaired) electrons. The van der Waals surface area contributed by atoms with Crippen LogP contribution in [0, 0.1) is 5.92 Å². The third-order valence-corrected chi connectivity index (χ3v) is 5.74. The highest BCUT2D eigenvalue weighted by molar-refractivity contribution is 7.89. The quantitative estimate of drug-likeness (QED) is 0.558. The van der Waals surface area contributed by atoms with Gasteiger partial charge in [-0.1, -0.05) is 0 Å². The number of carbonyl (C=O) groups excluding carboxylic acids is 1. The Kier molecular flexibility index (Phi) is 7.83. The molecule has 1 aromatic rings. The highest BCUT2D eigenvalue weighted by Crippen LogP contribution is 2.13. The standard InChI is InChI=1S/C17H27N3O4S/c1-24-12-11-20-25(22,23)16-6-4-15(5-7-16)17(21)19-10-8-14-3-2-9-18-13-14/h4-7,14,18,20H,2-3,8-13H2,1H3,(H,19,21). The minimum absolute atomic E-state index is 0.133. The normalized spacial score (nSPS) is 18.0. The molecule has 1 aromatic carbocycles. The van der Waals surface area contributed by atoms with Crippen molar-refractivity contribution < 1.29 is 17.9 Å². The molecule has 0 aromatic heterocycles. The molecule has 3 N–H and O–H groups in total. The molecule has 1 aliphatic rings. The number of nitrogens with one attached hydrogen (secondary N) is 3. The zero-order valence-corrected chi connectivity index (χ0v) is 15.4. The van der Waals surface area contributed by atoms with Crippen LogP contribution in [-0.4, -0.2) is 54.2 Å². The summed E-state index contributed by atoms with van der Waals surface area (Å²) >= 11 is 0. The smallest absolute Gasteiger partial charge is 0.251 e. The maximum atomic E-state index is 12.1. The largest absolute Gasteiger partial charge is 0.383 e. The Morgan fingerprint density at radius 1 is 1.28 bits per heavy atom. The van der Waals surface area contributed by atoms with Crippen LogP contribution in [-0.2, 0) is 14.8 Å². The van der Waals surface area contributed by atoms with Gasteiger partial charge >= 0.3 is 0 Å². The van der Waals surface area contributed by atoms with Crippen molar-refractivity contribution in [2.75, 3.05) is 39.9 Å². The molecule has 0 spiro atoms. The van der Waals surface area contributed by atoms with Crippen LogP contribution in [0.15, 0.2) is 29.2 Å². The van der Waals surface area contributed by atoms with Crippen molar-refractivity contribution in [3.63, 3.8) is 0 Å².